The van der Waals surface area contributed by atoms with Crippen molar-refractivity contribution in [2.24, 2.45) is 10.8 Å². The Labute approximate surface area is 136 Å². The van der Waals surface area contributed by atoms with Crippen molar-refractivity contribution < 1.29 is 9.47 Å². The highest BCUT2D eigenvalue weighted by Crippen LogP contribution is 2.47. The lowest BCUT2D eigenvalue weighted by atomic mass is 9.64. The van der Waals surface area contributed by atoms with Crippen LogP contribution in [0.2, 0.25) is 0 Å². The molecule has 22 heavy (non-hydrogen) atoms. The van der Waals surface area contributed by atoms with Gasteiger partial charge in [-0.1, -0.05) is 53.7 Å². The summed E-state index contributed by atoms with van der Waals surface area (Å²) >= 11 is 0. The normalized spacial score (nSPS) is 20.2. The summed E-state index contributed by atoms with van der Waals surface area (Å²) in [6.45, 7) is 14.7. The first-order valence-corrected chi connectivity index (χ1v) is 8.56. The molecule has 2 nitrogen and oxygen atoms in total. The smallest absolute Gasteiger partial charge is 0.199 e. The third kappa shape index (κ3) is 4.49. The maximum atomic E-state index is 6.05. The maximum Gasteiger partial charge on any atom is 0.199 e. The summed E-state index contributed by atoms with van der Waals surface area (Å²) in [6, 6.07) is 8.59. The fraction of sp³-hybridized carbons (Fsp3) is 0.700. The third-order valence-electron chi connectivity index (χ3n) is 4.33. The minimum Gasteiger partial charge on any atom is -0.465 e. The lowest BCUT2D eigenvalue weighted by molar-refractivity contribution is -0.105. The van der Waals surface area contributed by atoms with Crippen molar-refractivity contribution in [2.75, 3.05) is 6.61 Å². The average Bonchev–Trinajstić information content (AvgIpc) is 2.36. The number of ether oxygens (including phenoxy) is 2. The lowest BCUT2D eigenvalue weighted by Crippen LogP contribution is -2.30. The van der Waals surface area contributed by atoms with E-state index in [0.29, 0.717) is 5.92 Å². The van der Waals surface area contributed by atoms with Gasteiger partial charge in [-0.15, -0.1) is 0 Å². The van der Waals surface area contributed by atoms with Crippen molar-refractivity contribution in [1.29, 1.82) is 0 Å². The highest BCUT2D eigenvalue weighted by Gasteiger charge is 2.36. The minimum absolute atomic E-state index is 0.0771. The van der Waals surface area contributed by atoms with Crippen LogP contribution in [0.3, 0.4) is 0 Å². The summed E-state index contributed by atoms with van der Waals surface area (Å²) in [5.41, 5.74) is 1.77. The van der Waals surface area contributed by atoms with E-state index in [0.717, 1.165) is 25.2 Å². The Balaban J connectivity index is 2.22. The van der Waals surface area contributed by atoms with E-state index < -0.39 is 0 Å². The Kier molecular flexibility index (Phi) is 5.21. The van der Waals surface area contributed by atoms with Gasteiger partial charge in [-0.05, 0) is 47.3 Å². The van der Waals surface area contributed by atoms with Crippen LogP contribution in [0.25, 0.3) is 0 Å². The monoisotopic (exact) mass is 304 g/mol. The van der Waals surface area contributed by atoms with E-state index in [-0.39, 0.29) is 17.1 Å². The molecule has 1 unspecified atom stereocenters. The largest absolute Gasteiger partial charge is 0.465 e. The number of hydrogen-bond donors (Lipinski definition) is 0. The highest BCUT2D eigenvalue weighted by molar-refractivity contribution is 5.33. The standard InChI is InChI=1S/C20H32O2/c1-19(2,3)18(20(4,5)6)15-10-9-11-16(14-15)22-17-12-7-8-13-21-17/h9-11,14,17-18H,7-8,12-13H2,1-6H3. The molecule has 1 fully saturated rings. The molecular formula is C20H32O2. The SMILES string of the molecule is CC(C)(C)C(c1cccc(OC2CCCCO2)c1)C(C)(C)C. The number of rotatable bonds is 3. The van der Waals surface area contributed by atoms with E-state index in [1.54, 1.807) is 0 Å². The average molecular weight is 304 g/mol. The predicted molar refractivity (Wildman–Crippen MR) is 92.3 cm³/mol. The summed E-state index contributed by atoms with van der Waals surface area (Å²) in [6.07, 6.45) is 3.26. The summed E-state index contributed by atoms with van der Waals surface area (Å²) < 4.78 is 11.7. The molecule has 0 amide bonds. The van der Waals surface area contributed by atoms with Crippen molar-refractivity contribution in [3.63, 3.8) is 0 Å². The second kappa shape index (κ2) is 6.62. The van der Waals surface area contributed by atoms with Gasteiger partial charge in [-0.3, -0.25) is 0 Å². The maximum absolute atomic E-state index is 6.05. The Hall–Kier alpha value is -1.02. The molecule has 0 aromatic heterocycles. The van der Waals surface area contributed by atoms with Gasteiger partial charge < -0.3 is 9.47 Å². The molecule has 0 bridgehead atoms. The number of benzene rings is 1. The van der Waals surface area contributed by atoms with Gasteiger partial charge >= 0.3 is 0 Å². The molecule has 1 atom stereocenters. The molecule has 1 aromatic rings. The first-order valence-electron chi connectivity index (χ1n) is 8.56. The van der Waals surface area contributed by atoms with Crippen LogP contribution in [0.1, 0.15) is 72.3 Å². The van der Waals surface area contributed by atoms with Gasteiger partial charge in [0.25, 0.3) is 0 Å². The van der Waals surface area contributed by atoms with Crippen molar-refractivity contribution in [3.8, 4) is 5.75 Å². The summed E-state index contributed by atoms with van der Waals surface area (Å²) in [7, 11) is 0. The molecule has 0 spiro atoms. The van der Waals surface area contributed by atoms with Crippen molar-refractivity contribution >= 4 is 0 Å². The Morgan fingerprint density at radius 1 is 1.05 bits per heavy atom. The van der Waals surface area contributed by atoms with Crippen LogP contribution >= 0.6 is 0 Å². The second-order valence-corrected chi connectivity index (χ2v) is 8.65. The summed E-state index contributed by atoms with van der Waals surface area (Å²) in [5, 5.41) is 0. The van der Waals surface area contributed by atoms with E-state index in [2.05, 4.69) is 59.7 Å². The quantitative estimate of drug-likeness (QED) is 0.706. The predicted octanol–water partition coefficient (Wildman–Crippen LogP) is 5.77. The Morgan fingerprint density at radius 3 is 2.27 bits per heavy atom. The van der Waals surface area contributed by atoms with Gasteiger partial charge in [0, 0.05) is 6.42 Å². The van der Waals surface area contributed by atoms with Crippen LogP contribution in [0.15, 0.2) is 24.3 Å². The summed E-state index contributed by atoms with van der Waals surface area (Å²) in [5.74, 6) is 1.40. The van der Waals surface area contributed by atoms with Crippen molar-refractivity contribution in [2.45, 2.75) is 73.0 Å². The molecule has 1 saturated heterocycles. The molecule has 0 N–H and O–H groups in total. The van der Waals surface area contributed by atoms with Gasteiger partial charge in [0.15, 0.2) is 6.29 Å². The summed E-state index contributed by atoms with van der Waals surface area (Å²) in [4.78, 5) is 0. The van der Waals surface area contributed by atoms with E-state index in [1.807, 2.05) is 6.07 Å². The highest BCUT2D eigenvalue weighted by atomic mass is 16.7. The van der Waals surface area contributed by atoms with Crippen LogP contribution in [0.5, 0.6) is 5.75 Å². The first-order chi connectivity index (χ1) is 10.2. The topological polar surface area (TPSA) is 18.5 Å². The van der Waals surface area contributed by atoms with Gasteiger partial charge in [0.2, 0.25) is 0 Å². The molecule has 1 aromatic carbocycles. The zero-order valence-corrected chi connectivity index (χ0v) is 15.1. The zero-order chi connectivity index (χ0) is 16.4. The van der Waals surface area contributed by atoms with E-state index in [9.17, 15) is 0 Å². The van der Waals surface area contributed by atoms with Crippen molar-refractivity contribution in [3.05, 3.63) is 29.8 Å². The molecular weight excluding hydrogens is 272 g/mol. The molecule has 1 aliphatic rings. The lowest BCUT2D eigenvalue weighted by Gasteiger charge is -2.41. The van der Waals surface area contributed by atoms with E-state index in [4.69, 9.17) is 9.47 Å². The molecule has 1 aliphatic heterocycles. The minimum atomic E-state index is -0.0771. The molecule has 124 valence electrons. The Morgan fingerprint density at radius 2 is 1.73 bits per heavy atom. The van der Waals surface area contributed by atoms with E-state index in [1.165, 1.54) is 12.0 Å². The molecule has 2 rings (SSSR count). The van der Waals surface area contributed by atoms with Crippen molar-refractivity contribution in [1.82, 2.24) is 0 Å². The molecule has 2 heteroatoms. The van der Waals surface area contributed by atoms with E-state index >= 15 is 0 Å². The molecule has 0 saturated carbocycles. The van der Waals surface area contributed by atoms with Crippen LogP contribution in [0, 0.1) is 10.8 Å². The fourth-order valence-electron chi connectivity index (χ4n) is 4.02. The number of hydrogen-bond acceptors (Lipinski definition) is 2. The molecule has 1 heterocycles. The van der Waals surface area contributed by atoms with Gasteiger partial charge in [0.1, 0.15) is 5.75 Å². The Bertz CT molecular complexity index is 459. The van der Waals surface area contributed by atoms with Crippen LogP contribution < -0.4 is 4.74 Å². The van der Waals surface area contributed by atoms with Crippen LogP contribution in [-0.4, -0.2) is 12.9 Å². The molecule has 0 aliphatic carbocycles. The van der Waals surface area contributed by atoms with Gasteiger partial charge in [0.05, 0.1) is 6.61 Å². The van der Waals surface area contributed by atoms with Crippen LogP contribution in [-0.2, 0) is 4.74 Å². The zero-order valence-electron chi connectivity index (χ0n) is 15.1. The van der Waals surface area contributed by atoms with Gasteiger partial charge in [-0.25, -0.2) is 0 Å². The van der Waals surface area contributed by atoms with Gasteiger partial charge in [-0.2, -0.15) is 0 Å². The molecule has 0 radical (unpaired) electrons. The third-order valence-corrected chi connectivity index (χ3v) is 4.33. The first kappa shape index (κ1) is 17.3. The van der Waals surface area contributed by atoms with Crippen LogP contribution in [0.4, 0.5) is 0 Å². The second-order valence-electron chi connectivity index (χ2n) is 8.65. The fourth-order valence-corrected chi connectivity index (χ4v) is 4.02.